The maximum Gasteiger partial charge on any atom is 0.264 e. The molecule has 0 bridgehead atoms. The monoisotopic (exact) mass is 276 g/mol. The topological polar surface area (TPSA) is 69.1 Å². The predicted octanol–water partition coefficient (Wildman–Crippen LogP) is 2.06. The second-order valence-electron chi connectivity index (χ2n) is 4.55. The van der Waals surface area contributed by atoms with Crippen molar-refractivity contribution in [2.45, 2.75) is 19.9 Å². The molecule has 100 valence electrons. The van der Waals surface area contributed by atoms with E-state index < -0.39 is 0 Å². The molecule has 1 aliphatic rings. The summed E-state index contributed by atoms with van der Waals surface area (Å²) in [6, 6.07) is 4.23. The van der Waals surface area contributed by atoms with Crippen LogP contribution in [0.3, 0.4) is 0 Å². The molecule has 0 radical (unpaired) electrons. The van der Waals surface area contributed by atoms with Gasteiger partial charge < -0.3 is 10.2 Å². The van der Waals surface area contributed by atoms with E-state index in [1.54, 1.807) is 12.3 Å². The van der Waals surface area contributed by atoms with E-state index in [1.807, 2.05) is 19.2 Å². The number of hydrogen-bond donors (Lipinski definition) is 2. The Kier molecular flexibility index (Phi) is 3.90. The smallest absolute Gasteiger partial charge is 0.264 e. The number of amides is 1. The molecule has 1 saturated heterocycles. The van der Waals surface area contributed by atoms with E-state index in [1.165, 1.54) is 0 Å². The molecule has 5 nitrogen and oxygen atoms in total. The van der Waals surface area contributed by atoms with Gasteiger partial charge in [-0.15, -0.1) is 0 Å². The van der Waals surface area contributed by atoms with Gasteiger partial charge in [0.2, 0.25) is 0 Å². The summed E-state index contributed by atoms with van der Waals surface area (Å²) in [5.41, 5.74) is 0.855. The third-order valence-electron chi connectivity index (χ3n) is 2.87. The van der Waals surface area contributed by atoms with E-state index in [0.717, 1.165) is 23.1 Å². The average molecular weight is 276 g/mol. The highest BCUT2D eigenvalue weighted by molar-refractivity contribution is 8.18. The second kappa shape index (κ2) is 5.44. The minimum atomic E-state index is -0.224. The largest absolute Gasteiger partial charge is 0.357 e. The van der Waals surface area contributed by atoms with E-state index in [4.69, 9.17) is 5.41 Å². The number of amidine groups is 1. The summed E-state index contributed by atoms with van der Waals surface area (Å²) >= 11 is 1.13. The summed E-state index contributed by atoms with van der Waals surface area (Å²) in [6.45, 7) is 4.20. The highest BCUT2D eigenvalue weighted by Gasteiger charge is 2.22. The molecule has 1 fully saturated rings. The molecule has 0 saturated carbocycles. The molecule has 1 aliphatic heterocycles. The molecular formula is C13H16N4OS. The number of anilines is 1. The van der Waals surface area contributed by atoms with Gasteiger partial charge in [0.1, 0.15) is 5.82 Å². The first-order valence-electron chi connectivity index (χ1n) is 5.95. The molecule has 1 amide bonds. The van der Waals surface area contributed by atoms with Crippen molar-refractivity contribution in [2.75, 3.05) is 11.9 Å². The maximum absolute atomic E-state index is 11.5. The van der Waals surface area contributed by atoms with E-state index in [0.29, 0.717) is 10.9 Å². The first-order valence-corrected chi connectivity index (χ1v) is 6.77. The normalized spacial score (nSPS) is 17.2. The standard InChI is InChI=1S/C13H16N4OS/c1-8(2)17(3)11-5-4-9(7-15-11)6-10-12(18)16-13(14)19-10/h4-8H,1-3H3,(H2,14,16,18)/b10-6+. The van der Waals surface area contributed by atoms with Gasteiger partial charge in [0, 0.05) is 19.3 Å². The molecule has 2 heterocycles. The van der Waals surface area contributed by atoms with Crippen molar-refractivity contribution in [3.8, 4) is 0 Å². The lowest BCUT2D eigenvalue weighted by Gasteiger charge is -2.22. The predicted molar refractivity (Wildman–Crippen MR) is 79.2 cm³/mol. The Labute approximate surface area is 116 Å². The number of pyridine rings is 1. The molecule has 2 N–H and O–H groups in total. The van der Waals surface area contributed by atoms with E-state index in [-0.39, 0.29) is 11.1 Å². The van der Waals surface area contributed by atoms with Crippen LogP contribution in [0.5, 0.6) is 0 Å². The van der Waals surface area contributed by atoms with Crippen LogP contribution in [0.25, 0.3) is 6.08 Å². The minimum absolute atomic E-state index is 0.167. The summed E-state index contributed by atoms with van der Waals surface area (Å²) < 4.78 is 0. The molecule has 6 heteroatoms. The van der Waals surface area contributed by atoms with Crippen LogP contribution in [-0.2, 0) is 4.79 Å². The number of thioether (sulfide) groups is 1. The number of hydrogen-bond acceptors (Lipinski definition) is 5. The molecular weight excluding hydrogens is 260 g/mol. The van der Waals surface area contributed by atoms with Crippen LogP contribution in [0.2, 0.25) is 0 Å². The third kappa shape index (κ3) is 3.14. The van der Waals surface area contributed by atoms with Gasteiger partial charge in [-0.05, 0) is 49.4 Å². The van der Waals surface area contributed by atoms with Gasteiger partial charge in [-0.25, -0.2) is 4.98 Å². The fourth-order valence-corrected chi connectivity index (χ4v) is 2.25. The highest BCUT2D eigenvalue weighted by Crippen LogP contribution is 2.25. The Morgan fingerprint density at radius 3 is 2.68 bits per heavy atom. The van der Waals surface area contributed by atoms with Crippen LogP contribution in [0.1, 0.15) is 19.4 Å². The molecule has 0 spiro atoms. The summed E-state index contributed by atoms with van der Waals surface area (Å²) in [5, 5.41) is 9.99. The van der Waals surface area contributed by atoms with Gasteiger partial charge in [-0.3, -0.25) is 10.2 Å². The number of aromatic nitrogens is 1. The Balaban J connectivity index is 2.17. The van der Waals surface area contributed by atoms with Gasteiger partial charge in [0.15, 0.2) is 5.17 Å². The zero-order chi connectivity index (χ0) is 14.0. The van der Waals surface area contributed by atoms with Crippen molar-refractivity contribution in [3.05, 3.63) is 28.8 Å². The van der Waals surface area contributed by atoms with Crippen molar-refractivity contribution >= 4 is 34.7 Å². The van der Waals surface area contributed by atoms with Gasteiger partial charge in [0.05, 0.1) is 4.91 Å². The summed E-state index contributed by atoms with van der Waals surface area (Å²) in [5.74, 6) is 0.673. The average Bonchev–Trinajstić information content (AvgIpc) is 2.68. The van der Waals surface area contributed by atoms with E-state index in [9.17, 15) is 4.79 Å². The second-order valence-corrected chi connectivity index (χ2v) is 5.60. The Morgan fingerprint density at radius 2 is 2.21 bits per heavy atom. The van der Waals surface area contributed by atoms with Gasteiger partial charge >= 0.3 is 0 Å². The molecule has 1 aromatic heterocycles. The summed E-state index contributed by atoms with van der Waals surface area (Å²) in [6.07, 6.45) is 3.48. The number of carbonyl (C=O) groups is 1. The van der Waals surface area contributed by atoms with Crippen LogP contribution in [0.15, 0.2) is 23.2 Å². The zero-order valence-electron chi connectivity index (χ0n) is 11.1. The first-order chi connectivity index (χ1) is 8.97. The van der Waals surface area contributed by atoms with Crippen molar-refractivity contribution in [3.63, 3.8) is 0 Å². The van der Waals surface area contributed by atoms with Crippen LogP contribution in [-0.4, -0.2) is 29.1 Å². The van der Waals surface area contributed by atoms with Crippen LogP contribution < -0.4 is 10.2 Å². The minimum Gasteiger partial charge on any atom is -0.357 e. The first kappa shape index (κ1) is 13.6. The SMILES string of the molecule is CC(C)N(C)c1ccc(/C=C2/SC(=N)NC2=O)cn1. The van der Waals surface area contributed by atoms with Crippen LogP contribution in [0, 0.1) is 5.41 Å². The van der Waals surface area contributed by atoms with Crippen molar-refractivity contribution < 1.29 is 4.79 Å². The Hall–Kier alpha value is -1.82. The lowest BCUT2D eigenvalue weighted by molar-refractivity contribution is -0.115. The summed E-state index contributed by atoms with van der Waals surface area (Å²) in [7, 11) is 1.99. The van der Waals surface area contributed by atoms with Crippen molar-refractivity contribution in [2.24, 2.45) is 0 Å². The lowest BCUT2D eigenvalue weighted by atomic mass is 10.2. The van der Waals surface area contributed by atoms with Crippen molar-refractivity contribution in [1.82, 2.24) is 10.3 Å². The molecule has 0 atom stereocenters. The summed E-state index contributed by atoms with van der Waals surface area (Å²) in [4.78, 5) is 18.5. The quantitative estimate of drug-likeness (QED) is 0.829. The highest BCUT2D eigenvalue weighted by atomic mass is 32.2. The molecule has 0 aromatic carbocycles. The molecule has 0 unspecified atom stereocenters. The molecule has 1 aromatic rings. The van der Waals surface area contributed by atoms with Crippen LogP contribution in [0.4, 0.5) is 5.82 Å². The third-order valence-corrected chi connectivity index (χ3v) is 3.70. The van der Waals surface area contributed by atoms with Gasteiger partial charge in [0.25, 0.3) is 5.91 Å². The Morgan fingerprint density at radius 1 is 1.47 bits per heavy atom. The number of carbonyl (C=O) groups excluding carboxylic acids is 1. The zero-order valence-corrected chi connectivity index (χ0v) is 11.9. The molecule has 0 aliphatic carbocycles. The van der Waals surface area contributed by atoms with Crippen LogP contribution >= 0.6 is 11.8 Å². The van der Waals surface area contributed by atoms with E-state index in [2.05, 4.69) is 29.0 Å². The maximum atomic E-state index is 11.5. The lowest BCUT2D eigenvalue weighted by Crippen LogP contribution is -2.26. The van der Waals surface area contributed by atoms with Gasteiger partial charge in [-0.1, -0.05) is 0 Å². The fraction of sp³-hybridized carbons (Fsp3) is 0.308. The number of nitrogens with zero attached hydrogens (tertiary/aromatic N) is 2. The number of rotatable bonds is 3. The Bertz CT molecular complexity index is 536. The van der Waals surface area contributed by atoms with Crippen molar-refractivity contribution in [1.29, 1.82) is 5.41 Å². The number of nitrogens with one attached hydrogen (secondary N) is 2. The van der Waals surface area contributed by atoms with E-state index >= 15 is 0 Å². The molecule has 19 heavy (non-hydrogen) atoms. The fourth-order valence-electron chi connectivity index (χ4n) is 1.55. The molecule has 2 rings (SSSR count). The van der Waals surface area contributed by atoms with Gasteiger partial charge in [-0.2, -0.15) is 0 Å².